The van der Waals surface area contributed by atoms with Gasteiger partial charge in [0.2, 0.25) is 15.9 Å². The summed E-state index contributed by atoms with van der Waals surface area (Å²) >= 11 is 6.19. The molecule has 1 heterocycles. The van der Waals surface area contributed by atoms with Crippen molar-refractivity contribution < 1.29 is 17.6 Å². The van der Waals surface area contributed by atoms with Crippen molar-refractivity contribution in [2.24, 2.45) is 0 Å². The first-order valence-corrected chi connectivity index (χ1v) is 11.3. The number of amides is 1. The lowest BCUT2D eigenvalue weighted by molar-refractivity contribution is -0.118. The van der Waals surface area contributed by atoms with Crippen molar-refractivity contribution in [1.82, 2.24) is 9.62 Å². The predicted molar refractivity (Wildman–Crippen MR) is 115 cm³/mol. The largest absolute Gasteiger partial charge is 0.465 e. The van der Waals surface area contributed by atoms with Gasteiger partial charge in [-0.25, -0.2) is 8.42 Å². The highest BCUT2D eigenvalue weighted by Gasteiger charge is 2.24. The molecule has 160 valence electrons. The Balaban J connectivity index is 2.15. The van der Waals surface area contributed by atoms with Gasteiger partial charge in [0.1, 0.15) is 11.5 Å². The molecule has 0 aliphatic heterocycles. The van der Waals surface area contributed by atoms with Crippen LogP contribution in [0.4, 0.5) is 5.69 Å². The zero-order chi connectivity index (χ0) is 21.8. The summed E-state index contributed by atoms with van der Waals surface area (Å²) in [5, 5.41) is 6.13. The predicted octanol–water partition coefficient (Wildman–Crippen LogP) is 3.95. The van der Waals surface area contributed by atoms with Crippen LogP contribution in [0.1, 0.15) is 45.3 Å². The van der Waals surface area contributed by atoms with E-state index in [2.05, 4.69) is 10.6 Å². The summed E-state index contributed by atoms with van der Waals surface area (Å²) in [6, 6.07) is 7.29. The minimum absolute atomic E-state index is 0.0842. The van der Waals surface area contributed by atoms with Gasteiger partial charge in [-0.2, -0.15) is 4.31 Å². The molecule has 0 saturated heterocycles. The molecule has 0 fully saturated rings. The van der Waals surface area contributed by atoms with Crippen LogP contribution in [0.3, 0.4) is 0 Å². The maximum atomic E-state index is 12.7. The first-order valence-electron chi connectivity index (χ1n) is 9.53. The second-order valence-electron chi connectivity index (χ2n) is 6.78. The summed E-state index contributed by atoms with van der Waals surface area (Å²) in [4.78, 5) is 12.7. The molecule has 1 aromatic heterocycles. The Hall–Kier alpha value is -1.87. The molecule has 29 heavy (non-hydrogen) atoms. The third-order valence-electron chi connectivity index (χ3n) is 4.62. The van der Waals surface area contributed by atoms with Crippen molar-refractivity contribution in [3.8, 4) is 0 Å². The SMILES string of the molecule is CCN(CC)S(=O)(=O)c1ccc(Cl)c(NC(=O)C(C)NC(C)c2ccc(C)o2)c1. The monoisotopic (exact) mass is 441 g/mol. The van der Waals surface area contributed by atoms with Gasteiger partial charge in [-0.05, 0) is 51.1 Å². The van der Waals surface area contributed by atoms with Crippen LogP contribution in [0.25, 0.3) is 0 Å². The molecular weight excluding hydrogens is 414 g/mol. The summed E-state index contributed by atoms with van der Waals surface area (Å²) in [6.07, 6.45) is 0. The lowest BCUT2D eigenvalue weighted by Crippen LogP contribution is -2.39. The highest BCUT2D eigenvalue weighted by Crippen LogP contribution is 2.27. The summed E-state index contributed by atoms with van der Waals surface area (Å²) in [7, 11) is -3.65. The fourth-order valence-corrected chi connectivity index (χ4v) is 4.58. The van der Waals surface area contributed by atoms with E-state index in [1.54, 1.807) is 20.8 Å². The molecule has 7 nitrogen and oxygen atoms in total. The number of anilines is 1. The minimum atomic E-state index is -3.65. The molecule has 0 bridgehead atoms. The van der Waals surface area contributed by atoms with Gasteiger partial charge in [-0.1, -0.05) is 25.4 Å². The molecule has 1 aromatic carbocycles. The van der Waals surface area contributed by atoms with Crippen LogP contribution in [-0.4, -0.2) is 37.8 Å². The van der Waals surface area contributed by atoms with E-state index in [1.807, 2.05) is 26.0 Å². The zero-order valence-corrected chi connectivity index (χ0v) is 18.9. The lowest BCUT2D eigenvalue weighted by Gasteiger charge is -2.20. The first kappa shape index (κ1) is 23.4. The number of rotatable bonds is 9. The van der Waals surface area contributed by atoms with E-state index in [1.165, 1.54) is 22.5 Å². The third kappa shape index (κ3) is 5.60. The number of sulfonamides is 1. The number of carbonyl (C=O) groups excluding carboxylic acids is 1. The van der Waals surface area contributed by atoms with E-state index in [4.69, 9.17) is 16.0 Å². The minimum Gasteiger partial charge on any atom is -0.465 e. The molecule has 0 aliphatic carbocycles. The number of carbonyl (C=O) groups is 1. The van der Waals surface area contributed by atoms with Crippen LogP contribution in [0.15, 0.2) is 39.6 Å². The van der Waals surface area contributed by atoms with Crippen LogP contribution in [0, 0.1) is 6.92 Å². The molecule has 9 heteroatoms. The number of nitrogens with zero attached hydrogens (tertiary/aromatic N) is 1. The summed E-state index contributed by atoms with van der Waals surface area (Å²) in [6.45, 7) is 9.72. The second kappa shape index (κ2) is 9.75. The fourth-order valence-electron chi connectivity index (χ4n) is 2.93. The van der Waals surface area contributed by atoms with Crippen LogP contribution in [0.5, 0.6) is 0 Å². The normalized spacial score (nSPS) is 14.0. The maximum absolute atomic E-state index is 12.7. The Morgan fingerprint density at radius 3 is 2.38 bits per heavy atom. The van der Waals surface area contributed by atoms with Gasteiger partial charge in [-0.3, -0.25) is 10.1 Å². The van der Waals surface area contributed by atoms with E-state index in [9.17, 15) is 13.2 Å². The summed E-state index contributed by atoms with van der Waals surface area (Å²) in [5.74, 6) is 1.19. The van der Waals surface area contributed by atoms with E-state index in [-0.39, 0.29) is 27.6 Å². The highest BCUT2D eigenvalue weighted by molar-refractivity contribution is 7.89. The van der Waals surface area contributed by atoms with E-state index < -0.39 is 16.1 Å². The van der Waals surface area contributed by atoms with Gasteiger partial charge < -0.3 is 9.73 Å². The number of aryl methyl sites for hydroxylation is 1. The Kier molecular flexibility index (Phi) is 7.87. The Bertz CT molecular complexity index is 954. The zero-order valence-electron chi connectivity index (χ0n) is 17.3. The molecule has 2 aromatic rings. The smallest absolute Gasteiger partial charge is 0.243 e. The van der Waals surface area contributed by atoms with Crippen molar-refractivity contribution in [2.75, 3.05) is 18.4 Å². The average molecular weight is 442 g/mol. The standard InChI is InChI=1S/C20H28ClN3O4S/c1-6-24(7-2)29(26,27)16-9-10-17(21)18(12-16)23-20(25)15(5)22-14(4)19-11-8-13(3)28-19/h8-12,14-15,22H,6-7H2,1-5H3,(H,23,25). The molecule has 2 N–H and O–H groups in total. The van der Waals surface area contributed by atoms with Gasteiger partial charge in [0.15, 0.2) is 0 Å². The Morgan fingerprint density at radius 2 is 1.83 bits per heavy atom. The second-order valence-corrected chi connectivity index (χ2v) is 9.12. The van der Waals surface area contributed by atoms with Crippen molar-refractivity contribution >= 4 is 33.2 Å². The Labute approximate surface area is 177 Å². The first-order chi connectivity index (χ1) is 13.6. The maximum Gasteiger partial charge on any atom is 0.243 e. The molecule has 2 atom stereocenters. The van der Waals surface area contributed by atoms with E-state index in [0.29, 0.717) is 13.1 Å². The molecule has 1 amide bonds. The molecule has 0 spiro atoms. The lowest BCUT2D eigenvalue weighted by atomic mass is 10.2. The third-order valence-corrected chi connectivity index (χ3v) is 7.00. The molecule has 0 radical (unpaired) electrons. The highest BCUT2D eigenvalue weighted by atomic mass is 35.5. The summed E-state index contributed by atoms with van der Waals surface area (Å²) < 4.78 is 32.4. The topological polar surface area (TPSA) is 91.7 Å². The number of hydrogen-bond acceptors (Lipinski definition) is 5. The molecule has 2 unspecified atom stereocenters. The molecule has 2 rings (SSSR count). The van der Waals surface area contributed by atoms with E-state index in [0.717, 1.165) is 11.5 Å². The summed E-state index contributed by atoms with van der Waals surface area (Å²) in [5.41, 5.74) is 0.250. The van der Waals surface area contributed by atoms with Crippen molar-refractivity contribution in [2.45, 2.75) is 51.6 Å². The number of furan rings is 1. The van der Waals surface area contributed by atoms with Gasteiger partial charge in [-0.15, -0.1) is 0 Å². The Morgan fingerprint density at radius 1 is 1.17 bits per heavy atom. The van der Waals surface area contributed by atoms with Crippen LogP contribution >= 0.6 is 11.6 Å². The fraction of sp³-hybridized carbons (Fsp3) is 0.450. The number of benzene rings is 1. The van der Waals surface area contributed by atoms with Gasteiger partial charge >= 0.3 is 0 Å². The van der Waals surface area contributed by atoms with Crippen molar-refractivity contribution in [3.63, 3.8) is 0 Å². The van der Waals surface area contributed by atoms with Crippen LogP contribution in [0.2, 0.25) is 5.02 Å². The average Bonchev–Trinajstić information content (AvgIpc) is 3.10. The molecule has 0 aliphatic rings. The van der Waals surface area contributed by atoms with Gasteiger partial charge in [0.05, 0.1) is 27.7 Å². The van der Waals surface area contributed by atoms with Gasteiger partial charge in [0, 0.05) is 13.1 Å². The number of nitrogens with one attached hydrogen (secondary N) is 2. The van der Waals surface area contributed by atoms with Crippen molar-refractivity contribution in [3.05, 3.63) is 46.9 Å². The van der Waals surface area contributed by atoms with E-state index >= 15 is 0 Å². The molecular formula is C20H28ClN3O4S. The van der Waals surface area contributed by atoms with Gasteiger partial charge in [0.25, 0.3) is 0 Å². The quantitative estimate of drug-likeness (QED) is 0.614. The van der Waals surface area contributed by atoms with Crippen LogP contribution < -0.4 is 10.6 Å². The number of hydrogen-bond donors (Lipinski definition) is 2. The van der Waals surface area contributed by atoms with Crippen LogP contribution in [-0.2, 0) is 14.8 Å². The molecule has 0 saturated carbocycles. The number of halogens is 1. The van der Waals surface area contributed by atoms with Crippen molar-refractivity contribution in [1.29, 1.82) is 0 Å².